The van der Waals surface area contributed by atoms with Crippen LogP contribution in [0, 0.1) is 12.7 Å². The molecule has 1 N–H and O–H groups in total. The van der Waals surface area contributed by atoms with Crippen LogP contribution in [0.3, 0.4) is 0 Å². The van der Waals surface area contributed by atoms with Gasteiger partial charge in [-0.25, -0.2) is 4.39 Å². The molecule has 1 aromatic rings. The standard InChI is InChI=1S/C14H20FN/c1-4-14-12(8-10(3)16-14)11-5-6-13(15)9(2)7-11/h5-7,10,12,14,16H,4,8H2,1-3H3. The second-order valence-electron chi connectivity index (χ2n) is 4.93. The zero-order valence-electron chi connectivity index (χ0n) is 10.3. The van der Waals surface area contributed by atoms with E-state index in [1.54, 1.807) is 6.07 Å². The quantitative estimate of drug-likeness (QED) is 0.807. The van der Waals surface area contributed by atoms with Crippen molar-refractivity contribution in [2.24, 2.45) is 0 Å². The van der Waals surface area contributed by atoms with Crippen molar-refractivity contribution in [2.45, 2.75) is 51.6 Å². The normalized spacial score (nSPS) is 29.6. The van der Waals surface area contributed by atoms with Crippen LogP contribution in [0.15, 0.2) is 18.2 Å². The van der Waals surface area contributed by atoms with Crippen LogP contribution in [0.5, 0.6) is 0 Å². The third-order valence-electron chi connectivity index (χ3n) is 3.64. The molecule has 3 unspecified atom stereocenters. The molecule has 2 heteroatoms. The van der Waals surface area contributed by atoms with Crippen molar-refractivity contribution in [3.8, 4) is 0 Å². The van der Waals surface area contributed by atoms with Gasteiger partial charge in [-0.15, -0.1) is 0 Å². The van der Waals surface area contributed by atoms with E-state index in [4.69, 9.17) is 0 Å². The Kier molecular flexibility index (Phi) is 3.29. The Hall–Kier alpha value is -0.890. The molecule has 0 saturated carbocycles. The lowest BCUT2D eigenvalue weighted by atomic mass is 9.89. The molecule has 0 spiro atoms. The van der Waals surface area contributed by atoms with Crippen LogP contribution in [-0.4, -0.2) is 12.1 Å². The topological polar surface area (TPSA) is 12.0 Å². The summed E-state index contributed by atoms with van der Waals surface area (Å²) in [6.45, 7) is 6.27. The number of hydrogen-bond donors (Lipinski definition) is 1. The molecule has 3 atom stereocenters. The van der Waals surface area contributed by atoms with E-state index in [2.05, 4.69) is 19.2 Å². The van der Waals surface area contributed by atoms with E-state index in [1.165, 1.54) is 5.56 Å². The van der Waals surface area contributed by atoms with Gasteiger partial charge in [0, 0.05) is 18.0 Å². The molecular weight excluding hydrogens is 201 g/mol. The van der Waals surface area contributed by atoms with Crippen molar-refractivity contribution >= 4 is 0 Å². The van der Waals surface area contributed by atoms with Crippen LogP contribution >= 0.6 is 0 Å². The second-order valence-corrected chi connectivity index (χ2v) is 4.93. The predicted molar refractivity (Wildman–Crippen MR) is 65.2 cm³/mol. The Bertz CT molecular complexity index is 375. The largest absolute Gasteiger partial charge is 0.311 e. The molecule has 0 bridgehead atoms. The van der Waals surface area contributed by atoms with Gasteiger partial charge in [-0.3, -0.25) is 0 Å². The SMILES string of the molecule is CCC1NC(C)CC1c1ccc(F)c(C)c1. The number of benzene rings is 1. The molecule has 0 radical (unpaired) electrons. The summed E-state index contributed by atoms with van der Waals surface area (Å²) < 4.78 is 13.2. The smallest absolute Gasteiger partial charge is 0.126 e. The van der Waals surface area contributed by atoms with Gasteiger partial charge in [0.25, 0.3) is 0 Å². The van der Waals surface area contributed by atoms with Crippen LogP contribution in [-0.2, 0) is 0 Å². The molecule has 88 valence electrons. The summed E-state index contributed by atoms with van der Waals surface area (Å²) >= 11 is 0. The highest BCUT2D eigenvalue weighted by Crippen LogP contribution is 2.33. The minimum atomic E-state index is -0.101. The number of rotatable bonds is 2. The minimum Gasteiger partial charge on any atom is -0.311 e. The lowest BCUT2D eigenvalue weighted by molar-refractivity contribution is 0.516. The lowest BCUT2D eigenvalue weighted by Gasteiger charge is -2.18. The van der Waals surface area contributed by atoms with Gasteiger partial charge < -0.3 is 5.32 Å². The van der Waals surface area contributed by atoms with Gasteiger partial charge in [0.05, 0.1) is 0 Å². The fourth-order valence-corrected chi connectivity index (χ4v) is 2.76. The van der Waals surface area contributed by atoms with Gasteiger partial charge in [-0.05, 0) is 43.9 Å². The first-order valence-electron chi connectivity index (χ1n) is 6.14. The highest BCUT2D eigenvalue weighted by atomic mass is 19.1. The average molecular weight is 221 g/mol. The molecular formula is C14H20FN. The van der Waals surface area contributed by atoms with E-state index in [1.807, 2.05) is 19.1 Å². The zero-order valence-corrected chi connectivity index (χ0v) is 10.3. The van der Waals surface area contributed by atoms with Crippen LogP contribution in [0.25, 0.3) is 0 Å². The molecule has 0 aliphatic carbocycles. The Morgan fingerprint density at radius 1 is 1.44 bits per heavy atom. The first-order valence-corrected chi connectivity index (χ1v) is 6.14. The van der Waals surface area contributed by atoms with Crippen molar-refractivity contribution in [2.75, 3.05) is 0 Å². The first kappa shape index (κ1) is 11.6. The van der Waals surface area contributed by atoms with Gasteiger partial charge in [0.1, 0.15) is 5.82 Å². The Labute approximate surface area is 97.1 Å². The molecule has 2 rings (SSSR count). The minimum absolute atomic E-state index is 0.101. The third-order valence-corrected chi connectivity index (χ3v) is 3.64. The Balaban J connectivity index is 2.26. The molecule has 1 saturated heterocycles. The van der Waals surface area contributed by atoms with E-state index in [0.29, 0.717) is 18.0 Å². The van der Waals surface area contributed by atoms with E-state index < -0.39 is 0 Å². The van der Waals surface area contributed by atoms with Crippen molar-refractivity contribution in [1.82, 2.24) is 5.32 Å². The van der Waals surface area contributed by atoms with Crippen molar-refractivity contribution in [3.05, 3.63) is 35.1 Å². The molecule has 1 aliphatic rings. The van der Waals surface area contributed by atoms with Gasteiger partial charge in [0.15, 0.2) is 0 Å². The number of hydrogen-bond acceptors (Lipinski definition) is 1. The van der Waals surface area contributed by atoms with Crippen LogP contribution in [0.1, 0.15) is 43.7 Å². The molecule has 1 aromatic carbocycles. The van der Waals surface area contributed by atoms with E-state index in [-0.39, 0.29) is 5.82 Å². The Morgan fingerprint density at radius 3 is 2.81 bits per heavy atom. The van der Waals surface area contributed by atoms with Gasteiger partial charge in [-0.2, -0.15) is 0 Å². The maximum atomic E-state index is 13.2. The monoisotopic (exact) mass is 221 g/mol. The summed E-state index contributed by atoms with van der Waals surface area (Å²) in [7, 11) is 0. The van der Waals surface area contributed by atoms with Gasteiger partial charge >= 0.3 is 0 Å². The lowest BCUT2D eigenvalue weighted by Crippen LogP contribution is -2.28. The molecule has 16 heavy (non-hydrogen) atoms. The number of halogens is 1. The van der Waals surface area contributed by atoms with Crippen molar-refractivity contribution in [3.63, 3.8) is 0 Å². The number of aryl methyl sites for hydroxylation is 1. The average Bonchev–Trinajstić information content (AvgIpc) is 2.63. The molecule has 0 amide bonds. The predicted octanol–water partition coefficient (Wildman–Crippen LogP) is 3.38. The Morgan fingerprint density at radius 2 is 2.19 bits per heavy atom. The summed E-state index contributed by atoms with van der Waals surface area (Å²) in [6, 6.07) is 6.65. The molecule has 1 nitrogen and oxygen atoms in total. The molecule has 1 fully saturated rings. The van der Waals surface area contributed by atoms with Crippen LogP contribution in [0.2, 0.25) is 0 Å². The zero-order chi connectivity index (χ0) is 11.7. The summed E-state index contributed by atoms with van der Waals surface area (Å²) in [4.78, 5) is 0. The summed E-state index contributed by atoms with van der Waals surface area (Å²) in [5, 5.41) is 3.59. The number of nitrogens with one attached hydrogen (secondary N) is 1. The van der Waals surface area contributed by atoms with Gasteiger partial charge in [-0.1, -0.05) is 19.1 Å². The highest BCUT2D eigenvalue weighted by Gasteiger charge is 2.31. The molecule has 0 aromatic heterocycles. The van der Waals surface area contributed by atoms with E-state index in [9.17, 15) is 4.39 Å². The summed E-state index contributed by atoms with van der Waals surface area (Å²) in [5.74, 6) is 0.440. The van der Waals surface area contributed by atoms with E-state index in [0.717, 1.165) is 18.4 Å². The van der Waals surface area contributed by atoms with Crippen LogP contribution in [0.4, 0.5) is 4.39 Å². The maximum absolute atomic E-state index is 13.2. The summed E-state index contributed by atoms with van der Waals surface area (Å²) in [6.07, 6.45) is 2.29. The highest BCUT2D eigenvalue weighted by molar-refractivity contribution is 5.29. The first-order chi connectivity index (χ1) is 7.61. The third kappa shape index (κ3) is 2.12. The fourth-order valence-electron chi connectivity index (χ4n) is 2.76. The van der Waals surface area contributed by atoms with Crippen molar-refractivity contribution < 1.29 is 4.39 Å². The van der Waals surface area contributed by atoms with E-state index >= 15 is 0 Å². The van der Waals surface area contributed by atoms with Crippen LogP contribution < -0.4 is 5.32 Å². The molecule has 1 aliphatic heterocycles. The fraction of sp³-hybridized carbons (Fsp3) is 0.571. The maximum Gasteiger partial charge on any atom is 0.126 e. The molecule has 1 heterocycles. The van der Waals surface area contributed by atoms with Crippen molar-refractivity contribution in [1.29, 1.82) is 0 Å². The summed E-state index contributed by atoms with van der Waals surface area (Å²) in [5.41, 5.74) is 2.04. The second kappa shape index (κ2) is 4.54. The van der Waals surface area contributed by atoms with Gasteiger partial charge in [0.2, 0.25) is 0 Å².